The average molecular weight is 1110 g/mol. The Morgan fingerprint density at radius 2 is 0.926 bits per heavy atom. The fraction of sp³-hybridized carbons (Fsp3) is 0.459. The standard InChI is InChI=1S/C31H35N3O8.C30H35N3O6/c1-14-9-18-10-20-22(12-32)34-21(26(33(20)5)24(18)27(37)28(14)38-6)11-19-25(23(34)13-41-16(3)35)31(40-8)30(39-7)15(2)29(19)42-17(4)36;1-9-19-24-18(28(39-16(4)34)15(3)29(37-7)30(24)38-8)12-21-25-23-17(10-14(2)27(36-6)26(23)35)11-20(32(25)5)22(13-31)33(19)21/h9,11,20,22-23,26,37H,10,13H2,1-8H3;10,12,19-20,22,25,35H,9,11H2,1-8H3/t20-,22-,23-,26-;19-,20-,22-,25-/m00/s1. The Morgan fingerprint density at radius 1 is 0.556 bits per heavy atom. The Morgan fingerprint density at radius 3 is 1.26 bits per heavy atom. The number of hydrogen-bond donors (Lipinski definition) is 2. The normalized spacial score (nSPS) is 22.5. The summed E-state index contributed by atoms with van der Waals surface area (Å²) in [5.74, 6) is 1.99. The van der Waals surface area contributed by atoms with Crippen LogP contribution in [0, 0.1) is 50.4 Å². The van der Waals surface area contributed by atoms with Crippen molar-refractivity contribution in [1.29, 1.82) is 10.5 Å². The first-order valence-electron chi connectivity index (χ1n) is 26.7. The van der Waals surface area contributed by atoms with E-state index < -0.39 is 42.1 Å². The van der Waals surface area contributed by atoms with Crippen molar-refractivity contribution in [3.63, 3.8) is 0 Å². The molecule has 428 valence electrons. The van der Waals surface area contributed by atoms with E-state index in [1.807, 2.05) is 58.0 Å². The Bertz CT molecular complexity index is 3450. The molecule has 20 nitrogen and oxygen atoms in total. The number of phenols is 2. The van der Waals surface area contributed by atoms with E-state index in [-0.39, 0.29) is 48.0 Å². The number of likely N-dealkylation sites (N-methyl/N-ethyl adjacent to an activating group) is 2. The van der Waals surface area contributed by atoms with E-state index in [1.54, 1.807) is 28.3 Å². The molecule has 81 heavy (non-hydrogen) atoms. The summed E-state index contributed by atoms with van der Waals surface area (Å²) in [5, 5.41) is 44.2. The predicted molar refractivity (Wildman–Crippen MR) is 297 cm³/mol. The Kier molecular flexibility index (Phi) is 15.6. The molecule has 2 N–H and O–H groups in total. The summed E-state index contributed by atoms with van der Waals surface area (Å²) >= 11 is 0. The number of carbonyl (C=O) groups excluding carboxylic acids is 3. The fourth-order valence-electron chi connectivity index (χ4n) is 13.8. The number of hydrogen-bond acceptors (Lipinski definition) is 20. The van der Waals surface area contributed by atoms with Crippen LogP contribution in [0.5, 0.6) is 57.5 Å². The number of methoxy groups -OCH3 is 6. The van der Waals surface area contributed by atoms with Gasteiger partial charge in [0.25, 0.3) is 0 Å². The average Bonchev–Trinajstić information content (AvgIpc) is 2.31. The summed E-state index contributed by atoms with van der Waals surface area (Å²) in [7, 11) is 13.2. The number of esters is 3. The highest BCUT2D eigenvalue weighted by atomic mass is 16.6. The quantitative estimate of drug-likeness (QED) is 0.106. The van der Waals surface area contributed by atoms with Crippen LogP contribution in [0.1, 0.15) is 125 Å². The van der Waals surface area contributed by atoms with Crippen molar-refractivity contribution < 1.29 is 67.2 Å². The zero-order valence-corrected chi connectivity index (χ0v) is 48.7. The summed E-state index contributed by atoms with van der Waals surface area (Å²) < 4.78 is 51.6. The molecule has 0 amide bonds. The smallest absolute Gasteiger partial charge is 0.308 e. The van der Waals surface area contributed by atoms with Crippen LogP contribution in [0.3, 0.4) is 0 Å². The van der Waals surface area contributed by atoms with Gasteiger partial charge in [-0.05, 0) is 95.5 Å². The molecule has 0 aliphatic carbocycles. The third-order valence-electron chi connectivity index (χ3n) is 16.9. The molecule has 0 saturated carbocycles. The number of nitrogens with zero attached hydrogens (tertiary/aromatic N) is 6. The maximum Gasteiger partial charge on any atom is 0.308 e. The summed E-state index contributed by atoms with van der Waals surface area (Å²) in [4.78, 5) is 45.1. The third kappa shape index (κ3) is 8.81. The van der Waals surface area contributed by atoms with Crippen molar-refractivity contribution in [3.8, 4) is 69.6 Å². The Balaban J connectivity index is 0.000000196. The second-order valence-electron chi connectivity index (χ2n) is 21.2. The number of ether oxygens (including phenoxy) is 9. The molecule has 6 aliphatic heterocycles. The van der Waals surface area contributed by atoms with Crippen LogP contribution in [-0.4, -0.2) is 135 Å². The van der Waals surface area contributed by atoms with Gasteiger partial charge < -0.3 is 62.6 Å². The molecule has 4 bridgehead atoms. The van der Waals surface area contributed by atoms with E-state index in [2.05, 4.69) is 39.8 Å². The lowest BCUT2D eigenvalue weighted by Crippen LogP contribution is -2.62. The van der Waals surface area contributed by atoms with Gasteiger partial charge in [-0.15, -0.1) is 0 Å². The molecule has 2 saturated heterocycles. The molecule has 8 atom stereocenters. The maximum absolute atomic E-state index is 12.3. The number of aromatic hydroxyl groups is 2. The number of fused-ring (bicyclic) bond motifs is 14. The fourth-order valence-corrected chi connectivity index (χ4v) is 13.8. The zero-order chi connectivity index (χ0) is 59.0. The van der Waals surface area contributed by atoms with Crippen LogP contribution in [0.2, 0.25) is 0 Å². The molecule has 6 heterocycles. The predicted octanol–water partition coefficient (Wildman–Crippen LogP) is 8.30. The van der Waals surface area contributed by atoms with Gasteiger partial charge in [0.1, 0.15) is 30.2 Å². The summed E-state index contributed by atoms with van der Waals surface area (Å²) in [6, 6.07) is 5.82. The largest absolute Gasteiger partial charge is 0.504 e. The number of piperazine rings is 2. The molecule has 2 fully saturated rings. The molecule has 4 aromatic rings. The number of nitriles is 2. The van der Waals surface area contributed by atoms with E-state index >= 15 is 0 Å². The molecule has 20 heteroatoms. The molecule has 10 rings (SSSR count). The van der Waals surface area contributed by atoms with Gasteiger partial charge in [-0.1, -0.05) is 19.1 Å². The van der Waals surface area contributed by atoms with Crippen LogP contribution < -0.4 is 37.9 Å². The molecule has 0 spiro atoms. The van der Waals surface area contributed by atoms with Gasteiger partial charge in [0, 0.05) is 88.8 Å². The number of aryl methyl sites for hydroxylation is 2. The van der Waals surface area contributed by atoms with Gasteiger partial charge in [0.15, 0.2) is 46.0 Å². The minimum atomic E-state index is -0.706. The summed E-state index contributed by atoms with van der Waals surface area (Å²) in [6.07, 6.45) is 5.62. The highest BCUT2D eigenvalue weighted by molar-refractivity contribution is 5.83. The number of phenolic OH excluding ortho intramolecular Hbond substituents is 2. The minimum absolute atomic E-state index is 0.0325. The van der Waals surface area contributed by atoms with Crippen molar-refractivity contribution >= 4 is 30.1 Å². The molecule has 4 aromatic carbocycles. The van der Waals surface area contributed by atoms with Gasteiger partial charge in [0.05, 0.1) is 79.0 Å². The lowest BCUT2D eigenvalue weighted by molar-refractivity contribution is -0.143. The van der Waals surface area contributed by atoms with Gasteiger partial charge in [-0.2, -0.15) is 10.5 Å². The van der Waals surface area contributed by atoms with E-state index in [9.17, 15) is 35.1 Å². The Labute approximate surface area is 472 Å². The molecule has 0 unspecified atom stereocenters. The lowest BCUT2D eigenvalue weighted by atomic mass is 9.75. The monoisotopic (exact) mass is 1110 g/mol. The number of benzene rings is 4. The highest BCUT2D eigenvalue weighted by Crippen LogP contribution is 2.61. The first-order chi connectivity index (χ1) is 38.6. The van der Waals surface area contributed by atoms with Crippen molar-refractivity contribution in [2.24, 2.45) is 0 Å². The lowest BCUT2D eigenvalue weighted by Gasteiger charge is -2.57. The van der Waals surface area contributed by atoms with Crippen LogP contribution in [0.25, 0.3) is 12.2 Å². The molecule has 0 aromatic heterocycles. The third-order valence-corrected chi connectivity index (χ3v) is 16.9. The molecule has 6 aliphatic rings. The maximum atomic E-state index is 12.3. The second kappa shape index (κ2) is 22.0. The van der Waals surface area contributed by atoms with Crippen molar-refractivity contribution in [2.75, 3.05) is 63.4 Å². The van der Waals surface area contributed by atoms with E-state index in [0.717, 1.165) is 39.1 Å². The SMILES string of the molecule is CC[C@H]1c2c(c(OC(C)=O)c(C)c(OC)c2OC)C=C2[C@H]3c4c(cc(C)c(OC)c4O)C[C@@H]([C@H](C#N)N21)N3C.COc1c(C)cc2c(c1O)[C@@H]1C3=Cc4c(OC(C)=O)c(C)c(OC)c(OC)c4[C@H](COC(C)=O)N3[C@@H](C#N)[C@H](C2)N1C. The van der Waals surface area contributed by atoms with Gasteiger partial charge in [-0.3, -0.25) is 24.2 Å². The second-order valence-corrected chi connectivity index (χ2v) is 21.2. The molecular weight excluding hydrogens is 1040 g/mol. The summed E-state index contributed by atoms with van der Waals surface area (Å²) in [6.45, 7) is 13.4. The van der Waals surface area contributed by atoms with Crippen LogP contribution >= 0.6 is 0 Å². The van der Waals surface area contributed by atoms with E-state index in [1.165, 1.54) is 42.1 Å². The molecular formula is C61H70N6O14. The van der Waals surface area contributed by atoms with Crippen LogP contribution in [0.15, 0.2) is 23.5 Å². The van der Waals surface area contributed by atoms with Gasteiger partial charge in [-0.25, -0.2) is 0 Å². The van der Waals surface area contributed by atoms with Crippen molar-refractivity contribution in [3.05, 3.63) is 90.3 Å². The van der Waals surface area contributed by atoms with Gasteiger partial charge in [0.2, 0.25) is 0 Å². The van der Waals surface area contributed by atoms with E-state index in [0.29, 0.717) is 98.6 Å². The summed E-state index contributed by atoms with van der Waals surface area (Å²) in [5.41, 5.74) is 10.4. The van der Waals surface area contributed by atoms with E-state index in [4.69, 9.17) is 42.6 Å². The first kappa shape index (κ1) is 57.4. The zero-order valence-electron chi connectivity index (χ0n) is 48.7. The number of carbonyl (C=O) groups is 3. The highest BCUT2D eigenvalue weighted by Gasteiger charge is 2.55. The molecule has 0 radical (unpaired) electrons. The van der Waals surface area contributed by atoms with Crippen molar-refractivity contribution in [1.82, 2.24) is 19.6 Å². The van der Waals surface area contributed by atoms with Gasteiger partial charge >= 0.3 is 17.9 Å². The number of rotatable bonds is 11. The minimum Gasteiger partial charge on any atom is -0.504 e. The van der Waals surface area contributed by atoms with Crippen molar-refractivity contribution in [2.45, 2.75) is 123 Å². The van der Waals surface area contributed by atoms with Crippen LogP contribution in [-0.2, 0) is 32.0 Å². The first-order valence-corrected chi connectivity index (χ1v) is 26.7. The van der Waals surface area contributed by atoms with Crippen LogP contribution in [0.4, 0.5) is 0 Å². The Hall–Kier alpha value is -8.33. The topological polar surface area (TPSA) is 235 Å².